The highest BCUT2D eigenvalue weighted by atomic mass is 16.2. The van der Waals surface area contributed by atoms with Crippen molar-refractivity contribution >= 4 is 11.7 Å². The Morgan fingerprint density at radius 1 is 1.42 bits per heavy atom. The van der Waals surface area contributed by atoms with Gasteiger partial charge in [-0.15, -0.1) is 0 Å². The number of hydrogen-bond acceptors (Lipinski definition) is 3. The first-order valence-electron chi connectivity index (χ1n) is 6.56. The molecule has 2 unspecified atom stereocenters. The summed E-state index contributed by atoms with van der Waals surface area (Å²) in [6, 6.07) is 7.97. The molecule has 5 nitrogen and oxygen atoms in total. The predicted octanol–water partition coefficient (Wildman–Crippen LogP) is 1.15. The number of carbonyl (C=O) groups is 1. The van der Waals surface area contributed by atoms with Gasteiger partial charge in [0.05, 0.1) is 0 Å². The van der Waals surface area contributed by atoms with Crippen LogP contribution in [-0.4, -0.2) is 38.1 Å². The number of carbonyl (C=O) groups excluding carboxylic acids is 1. The zero-order valence-corrected chi connectivity index (χ0v) is 11.5. The van der Waals surface area contributed by atoms with E-state index in [2.05, 4.69) is 24.1 Å². The molecule has 2 rings (SSSR count). The van der Waals surface area contributed by atoms with Crippen LogP contribution >= 0.6 is 0 Å². The van der Waals surface area contributed by atoms with Gasteiger partial charge in [0.25, 0.3) is 0 Å². The first-order valence-corrected chi connectivity index (χ1v) is 6.56. The van der Waals surface area contributed by atoms with Crippen LogP contribution in [0.4, 0.5) is 10.5 Å². The quantitative estimate of drug-likeness (QED) is 0.858. The molecule has 2 atom stereocenters. The van der Waals surface area contributed by atoms with Gasteiger partial charge in [0, 0.05) is 25.3 Å². The molecule has 0 radical (unpaired) electrons. The van der Waals surface area contributed by atoms with Gasteiger partial charge in [-0.2, -0.15) is 0 Å². The second kappa shape index (κ2) is 5.59. The molecule has 2 amide bonds. The number of likely N-dealkylation sites (tertiary alicyclic amines) is 1. The van der Waals surface area contributed by atoms with Crippen molar-refractivity contribution in [1.82, 2.24) is 4.90 Å². The molecule has 1 aromatic carbocycles. The highest BCUT2D eigenvalue weighted by Gasteiger charge is 2.29. The van der Waals surface area contributed by atoms with E-state index in [1.54, 1.807) is 7.05 Å². The summed E-state index contributed by atoms with van der Waals surface area (Å²) in [6.45, 7) is 1.79. The normalized spacial score (nSPS) is 23.5. The summed E-state index contributed by atoms with van der Waals surface area (Å²) in [4.78, 5) is 14.9. The molecule has 0 saturated carbocycles. The number of amides is 2. The second-order valence-corrected chi connectivity index (χ2v) is 5.28. The number of benzene rings is 1. The van der Waals surface area contributed by atoms with Gasteiger partial charge in [0.2, 0.25) is 0 Å². The number of urea groups is 1. The molecular weight excluding hydrogens is 240 g/mol. The maximum atomic E-state index is 11.1. The third-order valence-electron chi connectivity index (χ3n) is 3.96. The van der Waals surface area contributed by atoms with Crippen molar-refractivity contribution < 1.29 is 4.79 Å². The third-order valence-corrected chi connectivity index (χ3v) is 3.96. The van der Waals surface area contributed by atoms with Crippen LogP contribution in [0.1, 0.15) is 18.0 Å². The highest BCUT2D eigenvalue weighted by molar-refractivity contribution is 5.89. The Morgan fingerprint density at radius 2 is 2.05 bits per heavy atom. The minimum absolute atomic E-state index is 0.418. The summed E-state index contributed by atoms with van der Waals surface area (Å²) < 4.78 is 0. The molecule has 1 heterocycles. The van der Waals surface area contributed by atoms with Gasteiger partial charge in [0.1, 0.15) is 0 Å². The summed E-state index contributed by atoms with van der Waals surface area (Å²) in [7, 11) is 3.80. The fourth-order valence-corrected chi connectivity index (χ4v) is 2.71. The monoisotopic (exact) mass is 262 g/mol. The number of nitrogens with zero attached hydrogens (tertiary/aromatic N) is 2. The molecular formula is C14H22N4O. The first-order chi connectivity index (χ1) is 9.02. The van der Waals surface area contributed by atoms with E-state index in [0.717, 1.165) is 25.2 Å². The maximum absolute atomic E-state index is 11.1. The number of rotatable bonds is 3. The second-order valence-electron chi connectivity index (χ2n) is 5.28. The average molecular weight is 262 g/mol. The number of hydrogen-bond donors (Lipinski definition) is 2. The van der Waals surface area contributed by atoms with Gasteiger partial charge in [0.15, 0.2) is 0 Å². The Balaban J connectivity index is 2.12. The molecule has 0 spiro atoms. The first kappa shape index (κ1) is 13.8. The molecule has 1 fully saturated rings. The molecule has 1 aliphatic rings. The fourth-order valence-electron chi connectivity index (χ4n) is 2.71. The molecule has 104 valence electrons. The lowest BCUT2D eigenvalue weighted by molar-refractivity contribution is 0.255. The smallest absolute Gasteiger partial charge is 0.318 e. The topological polar surface area (TPSA) is 75.6 Å². The van der Waals surface area contributed by atoms with E-state index in [1.165, 1.54) is 10.5 Å². The molecule has 1 aliphatic heterocycles. The lowest BCUT2D eigenvalue weighted by Crippen LogP contribution is -2.31. The van der Waals surface area contributed by atoms with Gasteiger partial charge in [-0.3, -0.25) is 9.80 Å². The minimum atomic E-state index is -0.450. The lowest BCUT2D eigenvalue weighted by Gasteiger charge is -2.21. The Bertz CT molecular complexity index is 445. The predicted molar refractivity (Wildman–Crippen MR) is 77.0 cm³/mol. The maximum Gasteiger partial charge on any atom is 0.318 e. The van der Waals surface area contributed by atoms with Crippen molar-refractivity contribution in [3.8, 4) is 0 Å². The Morgan fingerprint density at radius 3 is 2.53 bits per heavy atom. The Hall–Kier alpha value is -1.59. The van der Waals surface area contributed by atoms with Crippen LogP contribution < -0.4 is 16.4 Å². The highest BCUT2D eigenvalue weighted by Crippen LogP contribution is 2.34. The molecule has 0 aliphatic carbocycles. The SMILES string of the molecule is CN(C(N)=O)c1ccc(C2CC(CN)CN2C)cc1. The van der Waals surface area contributed by atoms with Crippen molar-refractivity contribution in [2.45, 2.75) is 12.5 Å². The summed E-state index contributed by atoms with van der Waals surface area (Å²) in [5.74, 6) is 0.572. The van der Waals surface area contributed by atoms with Crippen LogP contribution in [0.5, 0.6) is 0 Å². The fraction of sp³-hybridized carbons (Fsp3) is 0.500. The number of primary amides is 1. The molecule has 0 bridgehead atoms. The van der Waals surface area contributed by atoms with Crippen LogP contribution in [0.3, 0.4) is 0 Å². The van der Waals surface area contributed by atoms with Gasteiger partial charge in [-0.25, -0.2) is 4.79 Å². The minimum Gasteiger partial charge on any atom is -0.351 e. The van der Waals surface area contributed by atoms with Gasteiger partial charge < -0.3 is 11.5 Å². The average Bonchev–Trinajstić information content (AvgIpc) is 2.79. The Kier molecular flexibility index (Phi) is 4.07. The van der Waals surface area contributed by atoms with Gasteiger partial charge >= 0.3 is 6.03 Å². The third kappa shape index (κ3) is 2.88. The summed E-state index contributed by atoms with van der Waals surface area (Å²) in [6.07, 6.45) is 1.10. The van der Waals surface area contributed by atoms with Crippen LogP contribution in [0.25, 0.3) is 0 Å². The number of anilines is 1. The largest absolute Gasteiger partial charge is 0.351 e. The van der Waals surface area contributed by atoms with E-state index in [4.69, 9.17) is 11.5 Å². The van der Waals surface area contributed by atoms with E-state index >= 15 is 0 Å². The molecule has 1 aromatic rings. The van der Waals surface area contributed by atoms with Crippen LogP contribution in [0, 0.1) is 5.92 Å². The van der Waals surface area contributed by atoms with Crippen LogP contribution in [-0.2, 0) is 0 Å². The van der Waals surface area contributed by atoms with Gasteiger partial charge in [-0.1, -0.05) is 12.1 Å². The van der Waals surface area contributed by atoms with Crippen molar-refractivity contribution in [2.24, 2.45) is 17.4 Å². The van der Waals surface area contributed by atoms with Gasteiger partial charge in [-0.05, 0) is 43.6 Å². The van der Waals surface area contributed by atoms with E-state index < -0.39 is 6.03 Å². The van der Waals surface area contributed by atoms with E-state index in [1.807, 2.05) is 12.1 Å². The summed E-state index contributed by atoms with van der Waals surface area (Å²) in [5.41, 5.74) is 13.1. The molecule has 5 heteroatoms. The summed E-state index contributed by atoms with van der Waals surface area (Å²) in [5, 5.41) is 0. The van der Waals surface area contributed by atoms with E-state index in [-0.39, 0.29) is 0 Å². The van der Waals surface area contributed by atoms with Crippen molar-refractivity contribution in [3.05, 3.63) is 29.8 Å². The van der Waals surface area contributed by atoms with Crippen molar-refractivity contribution in [1.29, 1.82) is 0 Å². The van der Waals surface area contributed by atoms with E-state index in [0.29, 0.717) is 12.0 Å². The summed E-state index contributed by atoms with van der Waals surface area (Å²) >= 11 is 0. The van der Waals surface area contributed by atoms with E-state index in [9.17, 15) is 4.79 Å². The lowest BCUT2D eigenvalue weighted by atomic mass is 9.99. The van der Waals surface area contributed by atoms with Crippen molar-refractivity contribution in [2.75, 3.05) is 32.1 Å². The van der Waals surface area contributed by atoms with Crippen molar-refractivity contribution in [3.63, 3.8) is 0 Å². The zero-order chi connectivity index (χ0) is 14.0. The van der Waals surface area contributed by atoms with Crippen LogP contribution in [0.15, 0.2) is 24.3 Å². The molecule has 1 saturated heterocycles. The molecule has 0 aromatic heterocycles. The van der Waals surface area contributed by atoms with Crippen LogP contribution in [0.2, 0.25) is 0 Å². The molecule has 4 N–H and O–H groups in total. The standard InChI is InChI=1S/C14H22N4O/c1-17-9-10(8-15)7-13(17)11-3-5-12(6-4-11)18(2)14(16)19/h3-6,10,13H,7-9,15H2,1-2H3,(H2,16,19). The number of nitrogens with two attached hydrogens (primary N) is 2. The zero-order valence-electron chi connectivity index (χ0n) is 11.5. The Labute approximate surface area is 114 Å². The molecule has 19 heavy (non-hydrogen) atoms.